The summed E-state index contributed by atoms with van der Waals surface area (Å²) >= 11 is 0. The lowest BCUT2D eigenvalue weighted by Gasteiger charge is -2.46. The molecule has 3 rings (SSSR count). The SMILES string of the molecule is COc1ccc(CNC2CC(C)(C)NC(C)(C)C2)cc1OCc1cccnc1. The molecule has 152 valence electrons. The molecule has 5 heteroatoms. The molecule has 0 spiro atoms. The van der Waals surface area contributed by atoms with Gasteiger partial charge in [0.25, 0.3) is 0 Å². The maximum absolute atomic E-state index is 6.01. The predicted octanol–water partition coefficient (Wildman–Crippen LogP) is 4.07. The molecule has 0 saturated carbocycles. The molecule has 0 atom stereocenters. The Morgan fingerprint density at radius 1 is 1.07 bits per heavy atom. The van der Waals surface area contributed by atoms with E-state index in [-0.39, 0.29) is 11.1 Å². The molecule has 1 aromatic heterocycles. The highest BCUT2D eigenvalue weighted by Crippen LogP contribution is 2.31. The molecule has 2 N–H and O–H groups in total. The summed E-state index contributed by atoms with van der Waals surface area (Å²) in [6.07, 6.45) is 5.80. The van der Waals surface area contributed by atoms with Crippen LogP contribution in [-0.4, -0.2) is 29.2 Å². The molecule has 28 heavy (non-hydrogen) atoms. The van der Waals surface area contributed by atoms with Crippen molar-refractivity contribution in [2.24, 2.45) is 0 Å². The summed E-state index contributed by atoms with van der Waals surface area (Å²) in [6.45, 7) is 10.4. The van der Waals surface area contributed by atoms with Gasteiger partial charge in [0.2, 0.25) is 0 Å². The van der Waals surface area contributed by atoms with E-state index >= 15 is 0 Å². The summed E-state index contributed by atoms with van der Waals surface area (Å²) in [5, 5.41) is 7.48. The van der Waals surface area contributed by atoms with Gasteiger partial charge in [-0.25, -0.2) is 0 Å². The third-order valence-corrected chi connectivity index (χ3v) is 5.13. The number of aromatic nitrogens is 1. The van der Waals surface area contributed by atoms with Crippen LogP contribution < -0.4 is 20.1 Å². The van der Waals surface area contributed by atoms with Gasteiger partial charge in [-0.05, 0) is 64.3 Å². The average molecular weight is 384 g/mol. The summed E-state index contributed by atoms with van der Waals surface area (Å²) in [5.41, 5.74) is 2.50. The van der Waals surface area contributed by atoms with Crippen molar-refractivity contribution in [3.8, 4) is 11.5 Å². The van der Waals surface area contributed by atoms with Gasteiger partial charge in [0, 0.05) is 41.6 Å². The maximum atomic E-state index is 6.01. The van der Waals surface area contributed by atoms with Gasteiger partial charge in [0.05, 0.1) is 7.11 Å². The highest BCUT2D eigenvalue weighted by atomic mass is 16.5. The molecule has 1 fully saturated rings. The second-order valence-corrected chi connectivity index (χ2v) is 9.01. The summed E-state index contributed by atoms with van der Waals surface area (Å²) in [6, 6.07) is 10.5. The Balaban J connectivity index is 1.64. The minimum atomic E-state index is 0.136. The molecular formula is C23H33N3O2. The van der Waals surface area contributed by atoms with Crippen LogP contribution in [-0.2, 0) is 13.2 Å². The van der Waals surface area contributed by atoms with E-state index in [0.29, 0.717) is 12.6 Å². The van der Waals surface area contributed by atoms with Crippen LogP contribution in [0.5, 0.6) is 11.5 Å². The zero-order valence-electron chi connectivity index (χ0n) is 17.7. The summed E-state index contributed by atoms with van der Waals surface area (Å²) in [5.74, 6) is 1.51. The van der Waals surface area contributed by atoms with Crippen molar-refractivity contribution in [3.63, 3.8) is 0 Å². The highest BCUT2D eigenvalue weighted by molar-refractivity contribution is 5.43. The van der Waals surface area contributed by atoms with Crippen molar-refractivity contribution >= 4 is 0 Å². The van der Waals surface area contributed by atoms with Crippen LogP contribution in [0, 0.1) is 0 Å². The molecule has 2 aromatic rings. The topological polar surface area (TPSA) is 55.4 Å². The molecule has 0 unspecified atom stereocenters. The van der Waals surface area contributed by atoms with E-state index in [2.05, 4.69) is 55.4 Å². The number of ether oxygens (including phenoxy) is 2. The summed E-state index contributed by atoms with van der Waals surface area (Å²) in [7, 11) is 1.67. The van der Waals surface area contributed by atoms with Gasteiger partial charge in [0.1, 0.15) is 6.61 Å². The van der Waals surface area contributed by atoms with Crippen molar-refractivity contribution < 1.29 is 9.47 Å². The fourth-order valence-corrected chi connectivity index (χ4v) is 4.32. The molecular weight excluding hydrogens is 350 g/mol. The predicted molar refractivity (Wildman–Crippen MR) is 113 cm³/mol. The quantitative estimate of drug-likeness (QED) is 0.755. The average Bonchev–Trinajstić information content (AvgIpc) is 2.63. The van der Waals surface area contributed by atoms with Crippen molar-refractivity contribution in [2.45, 2.75) is 70.8 Å². The number of pyridine rings is 1. The Morgan fingerprint density at radius 2 is 1.82 bits per heavy atom. The van der Waals surface area contributed by atoms with E-state index in [1.807, 2.05) is 24.4 Å². The molecule has 1 aliphatic rings. The van der Waals surface area contributed by atoms with Crippen molar-refractivity contribution in [1.29, 1.82) is 0 Å². The van der Waals surface area contributed by atoms with Gasteiger partial charge in [-0.2, -0.15) is 0 Å². The van der Waals surface area contributed by atoms with Crippen LogP contribution in [0.1, 0.15) is 51.7 Å². The first-order chi connectivity index (χ1) is 13.3. The van der Waals surface area contributed by atoms with E-state index in [9.17, 15) is 0 Å². The van der Waals surface area contributed by atoms with E-state index in [1.165, 1.54) is 5.56 Å². The van der Waals surface area contributed by atoms with Crippen LogP contribution in [0.25, 0.3) is 0 Å². The zero-order chi connectivity index (χ0) is 20.2. The van der Waals surface area contributed by atoms with Gasteiger partial charge in [0.15, 0.2) is 11.5 Å². The second-order valence-electron chi connectivity index (χ2n) is 9.01. The molecule has 1 saturated heterocycles. The number of nitrogens with zero attached hydrogens (tertiary/aromatic N) is 1. The normalized spacial score (nSPS) is 18.6. The standard InChI is InChI=1S/C23H33N3O2/c1-22(2)12-19(13-23(3,4)26-22)25-15-17-8-9-20(27-5)21(11-17)28-16-18-7-6-10-24-14-18/h6-11,14,19,25-26H,12-13,15-16H2,1-5H3. The van der Waals surface area contributed by atoms with Gasteiger partial charge in [-0.3, -0.25) is 4.98 Å². The number of benzene rings is 1. The fourth-order valence-electron chi connectivity index (χ4n) is 4.32. The monoisotopic (exact) mass is 383 g/mol. The Labute approximate surface area is 168 Å². The number of hydrogen-bond donors (Lipinski definition) is 2. The second kappa shape index (κ2) is 8.50. The van der Waals surface area contributed by atoms with Gasteiger partial charge < -0.3 is 20.1 Å². The van der Waals surface area contributed by atoms with Gasteiger partial charge in [-0.15, -0.1) is 0 Å². The largest absolute Gasteiger partial charge is 0.493 e. The first-order valence-electron chi connectivity index (χ1n) is 9.98. The smallest absolute Gasteiger partial charge is 0.161 e. The van der Waals surface area contributed by atoms with Gasteiger partial charge >= 0.3 is 0 Å². The first kappa shape index (κ1) is 20.6. The van der Waals surface area contributed by atoms with E-state index < -0.39 is 0 Å². The van der Waals surface area contributed by atoms with Crippen LogP contribution in [0.15, 0.2) is 42.7 Å². The lowest BCUT2D eigenvalue weighted by molar-refractivity contribution is 0.145. The van der Waals surface area contributed by atoms with Crippen molar-refractivity contribution in [1.82, 2.24) is 15.6 Å². The van der Waals surface area contributed by atoms with Crippen molar-refractivity contribution in [2.75, 3.05) is 7.11 Å². The Hall–Kier alpha value is -2.11. The van der Waals surface area contributed by atoms with E-state index in [0.717, 1.165) is 36.4 Å². The minimum Gasteiger partial charge on any atom is -0.493 e. The molecule has 5 nitrogen and oxygen atoms in total. The number of hydrogen-bond acceptors (Lipinski definition) is 5. The maximum Gasteiger partial charge on any atom is 0.161 e. The summed E-state index contributed by atoms with van der Waals surface area (Å²) in [4.78, 5) is 4.14. The Bertz CT molecular complexity index is 759. The molecule has 1 aliphatic heterocycles. The summed E-state index contributed by atoms with van der Waals surface area (Å²) < 4.78 is 11.5. The third kappa shape index (κ3) is 5.69. The van der Waals surface area contributed by atoms with Crippen LogP contribution in [0.3, 0.4) is 0 Å². The third-order valence-electron chi connectivity index (χ3n) is 5.13. The highest BCUT2D eigenvalue weighted by Gasteiger charge is 2.37. The lowest BCUT2D eigenvalue weighted by atomic mass is 9.79. The lowest BCUT2D eigenvalue weighted by Crippen LogP contribution is -2.61. The van der Waals surface area contributed by atoms with Crippen LogP contribution in [0.2, 0.25) is 0 Å². The molecule has 0 radical (unpaired) electrons. The van der Waals surface area contributed by atoms with Crippen molar-refractivity contribution in [3.05, 3.63) is 53.9 Å². The Kier molecular flexibility index (Phi) is 6.26. The van der Waals surface area contributed by atoms with E-state index in [4.69, 9.17) is 9.47 Å². The molecule has 0 bridgehead atoms. The fraction of sp³-hybridized carbons (Fsp3) is 0.522. The molecule has 0 amide bonds. The molecule has 2 heterocycles. The van der Waals surface area contributed by atoms with Crippen LogP contribution in [0.4, 0.5) is 0 Å². The molecule has 0 aliphatic carbocycles. The van der Waals surface area contributed by atoms with Crippen LogP contribution >= 0.6 is 0 Å². The first-order valence-corrected chi connectivity index (χ1v) is 9.98. The number of nitrogens with one attached hydrogen (secondary N) is 2. The zero-order valence-corrected chi connectivity index (χ0v) is 17.7. The van der Waals surface area contributed by atoms with E-state index in [1.54, 1.807) is 13.3 Å². The number of methoxy groups -OCH3 is 1. The minimum absolute atomic E-state index is 0.136. The number of piperidine rings is 1. The van der Waals surface area contributed by atoms with Gasteiger partial charge in [-0.1, -0.05) is 12.1 Å². The Morgan fingerprint density at radius 3 is 2.46 bits per heavy atom. The number of rotatable bonds is 7. The molecule has 1 aromatic carbocycles.